The zero-order valence-electron chi connectivity index (χ0n) is 11.7. The van der Waals surface area contributed by atoms with Crippen molar-refractivity contribution in [3.8, 4) is 11.5 Å². The zero-order valence-corrected chi connectivity index (χ0v) is 11.7. The second kappa shape index (κ2) is 7.63. The average Bonchev–Trinajstić information content (AvgIpc) is 2.45. The molecule has 1 amide bonds. The molecule has 0 fully saturated rings. The molecule has 0 aliphatic carbocycles. The van der Waals surface area contributed by atoms with E-state index < -0.39 is 0 Å². The fourth-order valence-corrected chi connectivity index (χ4v) is 1.81. The number of hydrogen-bond donors (Lipinski definition) is 2. The number of ether oxygens (including phenoxy) is 2. The van der Waals surface area contributed by atoms with Crippen molar-refractivity contribution in [2.24, 2.45) is 11.7 Å². The highest BCUT2D eigenvalue weighted by molar-refractivity contribution is 5.78. The van der Waals surface area contributed by atoms with E-state index in [1.54, 1.807) is 14.2 Å². The highest BCUT2D eigenvalue weighted by Crippen LogP contribution is 2.23. The molecule has 5 nitrogen and oxygen atoms in total. The molecule has 1 aromatic rings. The first-order chi connectivity index (χ1) is 9.15. The van der Waals surface area contributed by atoms with Crippen LogP contribution in [0.15, 0.2) is 18.2 Å². The van der Waals surface area contributed by atoms with Gasteiger partial charge < -0.3 is 20.5 Å². The summed E-state index contributed by atoms with van der Waals surface area (Å²) in [5, 5.41) is 2.87. The normalized spacial score (nSPS) is 11.8. The lowest BCUT2D eigenvalue weighted by Crippen LogP contribution is -2.34. The van der Waals surface area contributed by atoms with Crippen molar-refractivity contribution in [1.82, 2.24) is 5.32 Å². The molecule has 0 spiro atoms. The second-order valence-electron chi connectivity index (χ2n) is 4.24. The van der Waals surface area contributed by atoms with Crippen LogP contribution in [0.4, 0.5) is 0 Å². The second-order valence-corrected chi connectivity index (χ2v) is 4.24. The van der Waals surface area contributed by atoms with Crippen LogP contribution in [-0.2, 0) is 11.3 Å². The summed E-state index contributed by atoms with van der Waals surface area (Å²) in [6.45, 7) is 2.70. The molecule has 0 aliphatic heterocycles. The first-order valence-corrected chi connectivity index (χ1v) is 6.34. The van der Waals surface area contributed by atoms with Crippen molar-refractivity contribution in [1.29, 1.82) is 0 Å². The molecular weight excluding hydrogens is 244 g/mol. The van der Waals surface area contributed by atoms with Crippen LogP contribution < -0.4 is 20.5 Å². The Hall–Kier alpha value is -1.75. The fourth-order valence-electron chi connectivity index (χ4n) is 1.81. The summed E-state index contributed by atoms with van der Waals surface area (Å²) < 4.78 is 10.4. The van der Waals surface area contributed by atoms with Gasteiger partial charge in [0.2, 0.25) is 5.91 Å². The minimum absolute atomic E-state index is 0.0325. The third-order valence-corrected chi connectivity index (χ3v) is 3.09. The molecule has 0 bridgehead atoms. The monoisotopic (exact) mass is 266 g/mol. The van der Waals surface area contributed by atoms with Crippen LogP contribution in [0.25, 0.3) is 0 Å². The van der Waals surface area contributed by atoms with Crippen LogP contribution >= 0.6 is 0 Å². The van der Waals surface area contributed by atoms with Crippen LogP contribution in [0.5, 0.6) is 11.5 Å². The van der Waals surface area contributed by atoms with E-state index in [1.807, 2.05) is 25.1 Å². The van der Waals surface area contributed by atoms with Crippen molar-refractivity contribution < 1.29 is 14.3 Å². The lowest BCUT2D eigenvalue weighted by Gasteiger charge is -2.14. The predicted molar refractivity (Wildman–Crippen MR) is 74.2 cm³/mol. The first kappa shape index (κ1) is 15.3. The highest BCUT2D eigenvalue weighted by Gasteiger charge is 2.14. The molecule has 0 radical (unpaired) electrons. The third-order valence-electron chi connectivity index (χ3n) is 3.09. The largest absolute Gasteiger partial charge is 0.497 e. The lowest BCUT2D eigenvalue weighted by molar-refractivity contribution is -0.124. The number of nitrogens with one attached hydrogen (secondary N) is 1. The number of carbonyl (C=O) groups is 1. The van der Waals surface area contributed by atoms with E-state index in [2.05, 4.69) is 5.32 Å². The van der Waals surface area contributed by atoms with Crippen LogP contribution in [0.1, 0.15) is 18.9 Å². The van der Waals surface area contributed by atoms with Gasteiger partial charge in [0.25, 0.3) is 0 Å². The van der Waals surface area contributed by atoms with E-state index in [0.717, 1.165) is 23.5 Å². The van der Waals surface area contributed by atoms with E-state index in [-0.39, 0.29) is 11.8 Å². The van der Waals surface area contributed by atoms with Crippen LogP contribution in [0, 0.1) is 5.92 Å². The van der Waals surface area contributed by atoms with Gasteiger partial charge in [0.05, 0.1) is 14.2 Å². The molecule has 0 aromatic heterocycles. The standard InChI is InChI=1S/C14H22N2O3/c1-4-10(8-15)14(17)16-9-11-7-12(18-2)5-6-13(11)19-3/h5-7,10H,4,8-9,15H2,1-3H3,(H,16,17). The Morgan fingerprint density at radius 2 is 2.11 bits per heavy atom. The van der Waals surface area contributed by atoms with Crippen molar-refractivity contribution in [2.45, 2.75) is 19.9 Å². The number of rotatable bonds is 7. The Labute approximate surface area is 114 Å². The van der Waals surface area contributed by atoms with E-state index in [4.69, 9.17) is 15.2 Å². The first-order valence-electron chi connectivity index (χ1n) is 6.34. The third kappa shape index (κ3) is 4.13. The highest BCUT2D eigenvalue weighted by atomic mass is 16.5. The molecule has 0 heterocycles. The molecule has 1 unspecified atom stereocenters. The maximum absolute atomic E-state index is 11.9. The Kier molecular flexibility index (Phi) is 6.15. The van der Waals surface area contributed by atoms with Gasteiger partial charge in [-0.15, -0.1) is 0 Å². The Morgan fingerprint density at radius 3 is 2.63 bits per heavy atom. The van der Waals surface area contributed by atoms with Crippen LogP contribution in [0.2, 0.25) is 0 Å². The maximum Gasteiger partial charge on any atom is 0.224 e. The summed E-state index contributed by atoms with van der Waals surface area (Å²) in [6.07, 6.45) is 0.734. The van der Waals surface area contributed by atoms with Crippen LogP contribution in [0.3, 0.4) is 0 Å². The summed E-state index contributed by atoms with van der Waals surface area (Å²) in [5.41, 5.74) is 6.43. The van der Waals surface area contributed by atoms with Gasteiger partial charge in [0, 0.05) is 24.6 Å². The van der Waals surface area contributed by atoms with Crippen molar-refractivity contribution >= 4 is 5.91 Å². The summed E-state index contributed by atoms with van der Waals surface area (Å²) in [6, 6.07) is 5.49. The molecule has 5 heteroatoms. The molecule has 19 heavy (non-hydrogen) atoms. The smallest absolute Gasteiger partial charge is 0.224 e. The quantitative estimate of drug-likeness (QED) is 0.780. The number of nitrogens with two attached hydrogens (primary N) is 1. The molecular formula is C14H22N2O3. The number of amides is 1. The number of benzene rings is 1. The van der Waals surface area contributed by atoms with Gasteiger partial charge in [0.15, 0.2) is 0 Å². The van der Waals surface area contributed by atoms with Crippen molar-refractivity contribution in [3.63, 3.8) is 0 Å². The van der Waals surface area contributed by atoms with Gasteiger partial charge in [-0.1, -0.05) is 6.92 Å². The van der Waals surface area contributed by atoms with Crippen molar-refractivity contribution in [3.05, 3.63) is 23.8 Å². The molecule has 106 valence electrons. The average molecular weight is 266 g/mol. The summed E-state index contributed by atoms with van der Waals surface area (Å²) in [7, 11) is 3.20. The summed E-state index contributed by atoms with van der Waals surface area (Å²) >= 11 is 0. The topological polar surface area (TPSA) is 73.6 Å². The van der Waals surface area contributed by atoms with Gasteiger partial charge in [-0.25, -0.2) is 0 Å². The Bertz CT molecular complexity index is 417. The van der Waals surface area contributed by atoms with Crippen LogP contribution in [-0.4, -0.2) is 26.7 Å². The predicted octanol–water partition coefficient (Wildman–Crippen LogP) is 1.30. The number of carbonyl (C=O) groups excluding carboxylic acids is 1. The summed E-state index contributed by atoms with van der Waals surface area (Å²) in [4.78, 5) is 11.9. The Morgan fingerprint density at radius 1 is 1.37 bits per heavy atom. The zero-order chi connectivity index (χ0) is 14.3. The molecule has 0 aliphatic rings. The molecule has 0 saturated heterocycles. The SMILES string of the molecule is CCC(CN)C(=O)NCc1cc(OC)ccc1OC. The van der Waals surface area contributed by atoms with E-state index in [9.17, 15) is 4.79 Å². The minimum atomic E-state index is -0.142. The minimum Gasteiger partial charge on any atom is -0.497 e. The lowest BCUT2D eigenvalue weighted by atomic mass is 10.1. The van der Waals surface area contributed by atoms with Crippen molar-refractivity contribution in [2.75, 3.05) is 20.8 Å². The molecule has 3 N–H and O–H groups in total. The van der Waals surface area contributed by atoms with Gasteiger partial charge >= 0.3 is 0 Å². The van der Waals surface area contributed by atoms with E-state index in [0.29, 0.717) is 13.1 Å². The van der Waals surface area contributed by atoms with Gasteiger partial charge in [-0.3, -0.25) is 4.79 Å². The molecule has 1 aromatic carbocycles. The van der Waals surface area contributed by atoms with Gasteiger partial charge in [-0.2, -0.15) is 0 Å². The number of hydrogen-bond acceptors (Lipinski definition) is 4. The molecule has 1 rings (SSSR count). The van der Waals surface area contributed by atoms with Gasteiger partial charge in [0.1, 0.15) is 11.5 Å². The fraction of sp³-hybridized carbons (Fsp3) is 0.500. The molecule has 0 saturated carbocycles. The Balaban J connectivity index is 2.73. The van der Waals surface area contributed by atoms with E-state index in [1.165, 1.54) is 0 Å². The van der Waals surface area contributed by atoms with Gasteiger partial charge in [-0.05, 0) is 24.6 Å². The maximum atomic E-state index is 11.9. The molecule has 1 atom stereocenters. The van der Waals surface area contributed by atoms with E-state index >= 15 is 0 Å². The number of methoxy groups -OCH3 is 2. The summed E-state index contributed by atoms with van der Waals surface area (Å²) in [5.74, 6) is 1.28.